The zero-order valence-corrected chi connectivity index (χ0v) is 8.05. The Labute approximate surface area is 74.8 Å². The second kappa shape index (κ2) is 3.23. The van der Waals surface area contributed by atoms with Crippen molar-refractivity contribution < 1.29 is 0 Å². The van der Waals surface area contributed by atoms with Gasteiger partial charge in [-0.2, -0.15) is 0 Å². The molecule has 10 heavy (non-hydrogen) atoms. The number of rotatable bonds is 1. The van der Waals surface area contributed by atoms with Gasteiger partial charge in [0.1, 0.15) is 0 Å². The summed E-state index contributed by atoms with van der Waals surface area (Å²) in [5.74, 6) is 0. The number of hydrogen-bond donors (Lipinski definition) is 1. The Bertz CT molecular complexity index is 233. The molecular formula is C8H10IN. The molecule has 2 N–H and O–H groups in total. The largest absolute Gasteiger partial charge is 0.398 e. The van der Waals surface area contributed by atoms with Gasteiger partial charge in [0.15, 0.2) is 0 Å². The van der Waals surface area contributed by atoms with Crippen LogP contribution in [0.2, 0.25) is 0 Å². The van der Waals surface area contributed by atoms with E-state index in [2.05, 4.69) is 35.6 Å². The zero-order chi connectivity index (χ0) is 7.56. The number of aryl methyl sites for hydroxylation is 1. The van der Waals surface area contributed by atoms with Crippen molar-refractivity contribution in [1.29, 1.82) is 0 Å². The molecule has 0 aliphatic rings. The highest BCUT2D eigenvalue weighted by molar-refractivity contribution is 14.1. The minimum absolute atomic E-state index is 0.936. The van der Waals surface area contributed by atoms with Crippen molar-refractivity contribution in [3.63, 3.8) is 0 Å². The molecule has 1 nitrogen and oxygen atoms in total. The van der Waals surface area contributed by atoms with Crippen LogP contribution in [0.25, 0.3) is 0 Å². The summed E-state index contributed by atoms with van der Waals surface area (Å²) in [6, 6.07) is 6.13. The number of para-hydroxylation sites is 1. The SMILES string of the molecule is CCc1cccc(I)c1N. The van der Waals surface area contributed by atoms with Gasteiger partial charge in [-0.3, -0.25) is 0 Å². The number of benzene rings is 1. The first-order valence-electron chi connectivity index (χ1n) is 3.28. The molecule has 0 aromatic heterocycles. The van der Waals surface area contributed by atoms with Gasteiger partial charge in [-0.25, -0.2) is 0 Å². The fourth-order valence-corrected chi connectivity index (χ4v) is 1.44. The fourth-order valence-electron chi connectivity index (χ4n) is 0.890. The van der Waals surface area contributed by atoms with E-state index in [1.807, 2.05) is 12.1 Å². The third-order valence-electron chi connectivity index (χ3n) is 1.52. The average molecular weight is 247 g/mol. The van der Waals surface area contributed by atoms with Crippen LogP contribution in [0.1, 0.15) is 12.5 Å². The first-order chi connectivity index (χ1) is 4.75. The van der Waals surface area contributed by atoms with Crippen LogP contribution in [-0.4, -0.2) is 0 Å². The van der Waals surface area contributed by atoms with E-state index in [9.17, 15) is 0 Å². The minimum atomic E-state index is 0.936. The van der Waals surface area contributed by atoms with E-state index in [4.69, 9.17) is 5.73 Å². The maximum Gasteiger partial charge on any atom is 0.0482 e. The lowest BCUT2D eigenvalue weighted by Gasteiger charge is -2.02. The van der Waals surface area contributed by atoms with Crippen molar-refractivity contribution in [3.8, 4) is 0 Å². The molecule has 0 amide bonds. The van der Waals surface area contributed by atoms with Crippen LogP contribution in [-0.2, 0) is 6.42 Å². The molecule has 0 saturated heterocycles. The summed E-state index contributed by atoms with van der Waals surface area (Å²) >= 11 is 2.25. The summed E-state index contributed by atoms with van der Waals surface area (Å²) in [5.41, 5.74) is 7.96. The Balaban J connectivity index is 3.14. The van der Waals surface area contributed by atoms with Gasteiger partial charge < -0.3 is 5.73 Å². The van der Waals surface area contributed by atoms with Gasteiger partial charge in [-0.05, 0) is 40.6 Å². The summed E-state index contributed by atoms with van der Waals surface area (Å²) in [4.78, 5) is 0. The molecule has 0 heterocycles. The highest BCUT2D eigenvalue weighted by Gasteiger charge is 1.97. The lowest BCUT2D eigenvalue weighted by Crippen LogP contribution is -1.94. The molecule has 2 heteroatoms. The highest BCUT2D eigenvalue weighted by Crippen LogP contribution is 2.19. The molecule has 0 unspecified atom stereocenters. The lowest BCUT2D eigenvalue weighted by atomic mass is 10.1. The molecule has 0 radical (unpaired) electrons. The van der Waals surface area contributed by atoms with Crippen LogP contribution in [0.4, 0.5) is 5.69 Å². The second-order valence-electron chi connectivity index (χ2n) is 2.17. The number of anilines is 1. The first-order valence-corrected chi connectivity index (χ1v) is 4.36. The van der Waals surface area contributed by atoms with E-state index in [-0.39, 0.29) is 0 Å². The molecule has 54 valence electrons. The third kappa shape index (κ3) is 1.42. The Morgan fingerprint density at radius 3 is 2.70 bits per heavy atom. The summed E-state index contributed by atoms with van der Waals surface area (Å²) in [5, 5.41) is 0. The van der Waals surface area contributed by atoms with Crippen molar-refractivity contribution in [2.24, 2.45) is 0 Å². The number of nitrogen functional groups attached to an aromatic ring is 1. The number of nitrogens with two attached hydrogens (primary N) is 1. The normalized spacial score (nSPS) is 9.80. The van der Waals surface area contributed by atoms with Crippen molar-refractivity contribution in [2.45, 2.75) is 13.3 Å². The summed E-state index contributed by atoms with van der Waals surface area (Å²) < 4.78 is 1.15. The van der Waals surface area contributed by atoms with Gasteiger partial charge >= 0.3 is 0 Å². The van der Waals surface area contributed by atoms with E-state index in [0.717, 1.165) is 15.7 Å². The van der Waals surface area contributed by atoms with E-state index in [1.165, 1.54) is 5.56 Å². The number of hydrogen-bond acceptors (Lipinski definition) is 1. The van der Waals surface area contributed by atoms with Gasteiger partial charge in [0.05, 0.1) is 0 Å². The van der Waals surface area contributed by atoms with Crippen molar-refractivity contribution in [3.05, 3.63) is 27.3 Å². The Morgan fingerprint density at radius 2 is 2.20 bits per heavy atom. The van der Waals surface area contributed by atoms with Gasteiger partial charge in [-0.1, -0.05) is 19.1 Å². The van der Waals surface area contributed by atoms with E-state index < -0.39 is 0 Å². The molecule has 0 atom stereocenters. The molecule has 0 spiro atoms. The average Bonchev–Trinajstić information content (AvgIpc) is 1.95. The maximum absolute atomic E-state index is 5.79. The topological polar surface area (TPSA) is 26.0 Å². The predicted octanol–water partition coefficient (Wildman–Crippen LogP) is 2.44. The molecule has 1 aromatic carbocycles. The van der Waals surface area contributed by atoms with Gasteiger partial charge in [0.25, 0.3) is 0 Å². The summed E-state index contributed by atoms with van der Waals surface area (Å²) in [7, 11) is 0. The Hall–Kier alpha value is -0.250. The van der Waals surface area contributed by atoms with Crippen LogP contribution in [0.3, 0.4) is 0 Å². The molecular weight excluding hydrogens is 237 g/mol. The van der Waals surface area contributed by atoms with E-state index >= 15 is 0 Å². The number of halogens is 1. The Morgan fingerprint density at radius 1 is 1.50 bits per heavy atom. The van der Waals surface area contributed by atoms with Crippen molar-refractivity contribution in [2.75, 3.05) is 5.73 Å². The van der Waals surface area contributed by atoms with E-state index in [0.29, 0.717) is 0 Å². The summed E-state index contributed by atoms with van der Waals surface area (Å²) in [6.45, 7) is 2.11. The minimum Gasteiger partial charge on any atom is -0.398 e. The van der Waals surface area contributed by atoms with Crippen LogP contribution in [0, 0.1) is 3.57 Å². The second-order valence-corrected chi connectivity index (χ2v) is 3.33. The fraction of sp³-hybridized carbons (Fsp3) is 0.250. The Kier molecular flexibility index (Phi) is 2.54. The molecule has 1 aromatic rings. The van der Waals surface area contributed by atoms with Crippen molar-refractivity contribution in [1.82, 2.24) is 0 Å². The molecule has 0 aliphatic heterocycles. The molecule has 0 aliphatic carbocycles. The van der Waals surface area contributed by atoms with Crippen molar-refractivity contribution >= 4 is 28.3 Å². The predicted molar refractivity (Wildman–Crippen MR) is 52.9 cm³/mol. The van der Waals surface area contributed by atoms with Crippen LogP contribution >= 0.6 is 22.6 Å². The molecule has 0 bridgehead atoms. The molecule has 0 saturated carbocycles. The van der Waals surface area contributed by atoms with Gasteiger partial charge in [-0.15, -0.1) is 0 Å². The first kappa shape index (κ1) is 7.85. The molecule has 1 rings (SSSR count). The highest BCUT2D eigenvalue weighted by atomic mass is 127. The lowest BCUT2D eigenvalue weighted by molar-refractivity contribution is 1.14. The molecule has 0 fully saturated rings. The summed E-state index contributed by atoms with van der Waals surface area (Å²) in [6.07, 6.45) is 1.02. The maximum atomic E-state index is 5.79. The quantitative estimate of drug-likeness (QED) is 0.598. The van der Waals surface area contributed by atoms with Gasteiger partial charge in [0, 0.05) is 9.26 Å². The van der Waals surface area contributed by atoms with E-state index in [1.54, 1.807) is 0 Å². The standard InChI is InChI=1S/C8H10IN/c1-2-6-4-3-5-7(9)8(6)10/h3-5H,2,10H2,1H3. The smallest absolute Gasteiger partial charge is 0.0482 e. The third-order valence-corrected chi connectivity index (χ3v) is 2.46. The van der Waals surface area contributed by atoms with Gasteiger partial charge in [0.2, 0.25) is 0 Å². The zero-order valence-electron chi connectivity index (χ0n) is 5.89. The monoisotopic (exact) mass is 247 g/mol. The van der Waals surface area contributed by atoms with Crippen LogP contribution < -0.4 is 5.73 Å². The van der Waals surface area contributed by atoms with Crippen LogP contribution in [0.15, 0.2) is 18.2 Å². The van der Waals surface area contributed by atoms with Crippen LogP contribution in [0.5, 0.6) is 0 Å².